The quantitative estimate of drug-likeness (QED) is 0.498. The zero-order chi connectivity index (χ0) is 8.27. The number of allylic oxidation sites excluding steroid dienone is 1. The molecule has 1 rings (SSSR count). The molecule has 0 aromatic rings. The minimum Gasteiger partial charge on any atom is -0.385 e. The predicted octanol–water partition coefficient (Wildman–Crippen LogP) is 2.03. The van der Waals surface area contributed by atoms with E-state index in [0.717, 1.165) is 18.7 Å². The van der Waals surface area contributed by atoms with E-state index in [1.165, 1.54) is 5.57 Å². The van der Waals surface area contributed by atoms with Gasteiger partial charge in [-0.15, -0.1) is 0 Å². The van der Waals surface area contributed by atoms with Gasteiger partial charge in [0.1, 0.15) is 5.16 Å². The van der Waals surface area contributed by atoms with Crippen LogP contribution in [0, 0.1) is 0 Å². The minimum absolute atomic E-state index is 0.439. The number of nitrogens with zero attached hydrogens (tertiary/aromatic N) is 1. The van der Waals surface area contributed by atoms with Crippen molar-refractivity contribution in [2.75, 3.05) is 6.54 Å². The van der Waals surface area contributed by atoms with Gasteiger partial charge in [0.05, 0.1) is 0 Å². The summed E-state index contributed by atoms with van der Waals surface area (Å²) in [6.45, 7) is 6.41. The second-order valence-corrected chi connectivity index (χ2v) is 2.88. The number of halogens is 1. The molecule has 0 spiro atoms. The van der Waals surface area contributed by atoms with Gasteiger partial charge in [0, 0.05) is 12.2 Å². The van der Waals surface area contributed by atoms with Crippen LogP contribution in [0.15, 0.2) is 27.5 Å². The maximum atomic E-state index is 5.67. The van der Waals surface area contributed by atoms with E-state index >= 15 is 0 Å². The van der Waals surface area contributed by atoms with Crippen molar-refractivity contribution in [1.29, 1.82) is 0 Å². The van der Waals surface area contributed by atoms with Crippen LogP contribution in [-0.2, 0) is 0 Å². The molecule has 3 heteroatoms. The zero-order valence-corrected chi connectivity index (χ0v) is 7.28. The Kier molecular flexibility index (Phi) is 2.71. The molecule has 1 heterocycles. The Morgan fingerprint density at radius 2 is 2.55 bits per heavy atom. The van der Waals surface area contributed by atoms with Crippen molar-refractivity contribution < 1.29 is 0 Å². The summed E-state index contributed by atoms with van der Waals surface area (Å²) in [5.74, 6) is 0. The van der Waals surface area contributed by atoms with Crippen LogP contribution in [0.1, 0.15) is 13.3 Å². The SMILES string of the molecule is C=N/C(Cl)=C\C1=C(C)CCN1. The predicted molar refractivity (Wildman–Crippen MR) is 48.8 cm³/mol. The van der Waals surface area contributed by atoms with Crippen molar-refractivity contribution in [2.45, 2.75) is 13.3 Å². The lowest BCUT2D eigenvalue weighted by Gasteiger charge is -1.97. The van der Waals surface area contributed by atoms with E-state index in [1.807, 2.05) is 0 Å². The third kappa shape index (κ3) is 2.09. The summed E-state index contributed by atoms with van der Waals surface area (Å²) in [6.07, 6.45) is 2.89. The van der Waals surface area contributed by atoms with E-state index in [4.69, 9.17) is 11.6 Å². The number of rotatable bonds is 2. The van der Waals surface area contributed by atoms with Gasteiger partial charge in [0.25, 0.3) is 0 Å². The number of hydrogen-bond donors (Lipinski definition) is 1. The minimum atomic E-state index is 0.439. The fourth-order valence-corrected chi connectivity index (χ4v) is 1.12. The van der Waals surface area contributed by atoms with Gasteiger partial charge in [-0.1, -0.05) is 11.6 Å². The Hall–Kier alpha value is -0.760. The molecule has 0 amide bonds. The lowest BCUT2D eigenvalue weighted by molar-refractivity contribution is 0.885. The standard InChI is InChI=1S/C8H11ClN2/c1-6-3-4-11-7(6)5-8(9)10-2/h5,11H,2-4H2,1H3/b8-5-. The smallest absolute Gasteiger partial charge is 0.130 e. The molecule has 0 aliphatic carbocycles. The highest BCUT2D eigenvalue weighted by Crippen LogP contribution is 2.16. The molecule has 1 N–H and O–H groups in total. The second-order valence-electron chi connectivity index (χ2n) is 2.50. The molecule has 1 aliphatic heterocycles. The maximum absolute atomic E-state index is 5.67. The first-order valence-electron chi connectivity index (χ1n) is 3.51. The second kappa shape index (κ2) is 3.58. The van der Waals surface area contributed by atoms with Gasteiger partial charge in [0.2, 0.25) is 0 Å². The van der Waals surface area contributed by atoms with E-state index in [-0.39, 0.29) is 0 Å². The van der Waals surface area contributed by atoms with Crippen molar-refractivity contribution in [3.8, 4) is 0 Å². The summed E-state index contributed by atoms with van der Waals surface area (Å²) >= 11 is 5.67. The highest BCUT2D eigenvalue weighted by atomic mass is 35.5. The topological polar surface area (TPSA) is 24.4 Å². The number of nitrogens with one attached hydrogen (secondary N) is 1. The summed E-state index contributed by atoms with van der Waals surface area (Å²) in [5, 5.41) is 3.64. The third-order valence-electron chi connectivity index (χ3n) is 1.69. The molecule has 0 aromatic heterocycles. The molecule has 0 bridgehead atoms. The summed E-state index contributed by atoms with van der Waals surface area (Å²) < 4.78 is 0. The van der Waals surface area contributed by atoms with Gasteiger partial charge in [-0.05, 0) is 31.7 Å². The van der Waals surface area contributed by atoms with Crippen molar-refractivity contribution in [3.63, 3.8) is 0 Å². The van der Waals surface area contributed by atoms with Crippen LogP contribution in [0.4, 0.5) is 0 Å². The summed E-state index contributed by atoms with van der Waals surface area (Å²) in [6, 6.07) is 0. The molecule has 0 saturated carbocycles. The Bertz CT molecular complexity index is 228. The molecule has 1 aliphatic rings. The van der Waals surface area contributed by atoms with Crippen LogP contribution in [-0.4, -0.2) is 13.3 Å². The van der Waals surface area contributed by atoms with Gasteiger partial charge in [-0.25, -0.2) is 0 Å². The molecule has 11 heavy (non-hydrogen) atoms. The van der Waals surface area contributed by atoms with Gasteiger partial charge >= 0.3 is 0 Å². The van der Waals surface area contributed by atoms with E-state index in [2.05, 4.69) is 24.0 Å². The summed E-state index contributed by atoms with van der Waals surface area (Å²) in [7, 11) is 0. The molecule has 0 saturated heterocycles. The van der Waals surface area contributed by atoms with Gasteiger partial charge in [0.15, 0.2) is 0 Å². The first kappa shape index (κ1) is 8.34. The van der Waals surface area contributed by atoms with E-state index < -0.39 is 0 Å². The largest absolute Gasteiger partial charge is 0.385 e. The van der Waals surface area contributed by atoms with Crippen LogP contribution in [0.25, 0.3) is 0 Å². The molecular formula is C8H11ClN2. The molecule has 0 aromatic carbocycles. The monoisotopic (exact) mass is 170 g/mol. The van der Waals surface area contributed by atoms with Crippen LogP contribution in [0.2, 0.25) is 0 Å². The molecule has 0 unspecified atom stereocenters. The number of hydrogen-bond acceptors (Lipinski definition) is 2. The highest BCUT2D eigenvalue weighted by molar-refractivity contribution is 6.29. The van der Waals surface area contributed by atoms with Crippen molar-refractivity contribution in [2.24, 2.45) is 4.99 Å². The molecule has 2 nitrogen and oxygen atoms in total. The molecule has 0 fully saturated rings. The van der Waals surface area contributed by atoms with Gasteiger partial charge < -0.3 is 5.32 Å². The fraction of sp³-hybridized carbons (Fsp3) is 0.375. The van der Waals surface area contributed by atoms with Gasteiger partial charge in [-0.3, -0.25) is 4.99 Å². The maximum Gasteiger partial charge on any atom is 0.130 e. The first-order valence-corrected chi connectivity index (χ1v) is 3.89. The lowest BCUT2D eigenvalue weighted by Crippen LogP contribution is -2.05. The zero-order valence-electron chi connectivity index (χ0n) is 6.52. The van der Waals surface area contributed by atoms with Gasteiger partial charge in [-0.2, -0.15) is 0 Å². The average molecular weight is 171 g/mol. The normalized spacial score (nSPS) is 18.5. The Labute approximate surface area is 71.7 Å². The number of aliphatic imine (C=N–C) groups is 1. The van der Waals surface area contributed by atoms with Crippen molar-refractivity contribution in [1.82, 2.24) is 5.32 Å². The Morgan fingerprint density at radius 1 is 1.82 bits per heavy atom. The first-order chi connectivity index (χ1) is 5.24. The fourth-order valence-electron chi connectivity index (χ4n) is 1.01. The van der Waals surface area contributed by atoms with Crippen LogP contribution < -0.4 is 5.32 Å². The molecule has 0 atom stereocenters. The molecule has 0 radical (unpaired) electrons. The van der Waals surface area contributed by atoms with E-state index in [0.29, 0.717) is 5.16 Å². The van der Waals surface area contributed by atoms with E-state index in [9.17, 15) is 0 Å². The third-order valence-corrected chi connectivity index (χ3v) is 1.92. The average Bonchev–Trinajstić information content (AvgIpc) is 2.37. The van der Waals surface area contributed by atoms with Crippen molar-refractivity contribution >= 4 is 18.3 Å². The molecular weight excluding hydrogens is 160 g/mol. The lowest BCUT2D eigenvalue weighted by atomic mass is 10.2. The summed E-state index contributed by atoms with van der Waals surface area (Å²) in [4.78, 5) is 3.59. The Balaban J connectivity index is 2.75. The Morgan fingerprint density at radius 3 is 3.00 bits per heavy atom. The van der Waals surface area contributed by atoms with Crippen LogP contribution in [0.5, 0.6) is 0 Å². The molecule has 60 valence electrons. The van der Waals surface area contributed by atoms with Crippen LogP contribution in [0.3, 0.4) is 0 Å². The summed E-state index contributed by atoms with van der Waals surface area (Å²) in [5.41, 5.74) is 2.41. The van der Waals surface area contributed by atoms with Crippen molar-refractivity contribution in [3.05, 3.63) is 22.5 Å². The van der Waals surface area contributed by atoms with E-state index in [1.54, 1.807) is 6.08 Å². The van der Waals surface area contributed by atoms with Crippen LogP contribution >= 0.6 is 11.6 Å². The highest BCUT2D eigenvalue weighted by Gasteiger charge is 2.06.